The standard InChI is InChI=1S/C27H22O5/c28-23-9-1-19(2-10-23)17-21-5-13-25(14-6-21)31-27(30)32-26-15-7-22(8-16-26)18-20-3-11-24(29)12-4-20/h1-16,28-29H,17-18H2. The Kier molecular flexibility index (Phi) is 6.37. The topological polar surface area (TPSA) is 76.0 Å². The van der Waals surface area contributed by atoms with Gasteiger partial charge < -0.3 is 19.7 Å². The van der Waals surface area contributed by atoms with E-state index in [0.717, 1.165) is 22.3 Å². The lowest BCUT2D eigenvalue weighted by Crippen LogP contribution is -2.13. The summed E-state index contributed by atoms with van der Waals surface area (Å²) in [5.41, 5.74) is 4.26. The number of hydrogen-bond acceptors (Lipinski definition) is 5. The molecule has 4 aromatic carbocycles. The van der Waals surface area contributed by atoms with Crippen LogP contribution in [-0.4, -0.2) is 16.4 Å². The molecule has 0 aliphatic heterocycles. The predicted molar refractivity (Wildman–Crippen MR) is 121 cm³/mol. The van der Waals surface area contributed by atoms with Crippen LogP contribution in [-0.2, 0) is 12.8 Å². The largest absolute Gasteiger partial charge is 0.519 e. The van der Waals surface area contributed by atoms with Crippen LogP contribution in [0.25, 0.3) is 0 Å². The van der Waals surface area contributed by atoms with Crippen LogP contribution in [0.2, 0.25) is 0 Å². The number of hydrogen-bond donors (Lipinski definition) is 2. The average Bonchev–Trinajstić information content (AvgIpc) is 2.79. The van der Waals surface area contributed by atoms with Crippen molar-refractivity contribution in [1.82, 2.24) is 0 Å². The molecule has 0 saturated heterocycles. The van der Waals surface area contributed by atoms with Gasteiger partial charge in [0.1, 0.15) is 23.0 Å². The summed E-state index contributed by atoms with van der Waals surface area (Å²) in [6.07, 6.45) is 0.616. The molecule has 0 atom stereocenters. The Balaban J connectivity index is 1.29. The summed E-state index contributed by atoms with van der Waals surface area (Å²) in [7, 11) is 0. The van der Waals surface area contributed by atoms with E-state index in [0.29, 0.717) is 24.3 Å². The van der Waals surface area contributed by atoms with Gasteiger partial charge in [-0.15, -0.1) is 0 Å². The molecule has 0 fully saturated rings. The fourth-order valence-electron chi connectivity index (χ4n) is 3.26. The quantitative estimate of drug-likeness (QED) is 0.298. The molecule has 160 valence electrons. The van der Waals surface area contributed by atoms with E-state index in [9.17, 15) is 15.0 Å². The van der Waals surface area contributed by atoms with Gasteiger partial charge in [0.15, 0.2) is 0 Å². The first kappa shape index (κ1) is 21.0. The number of ether oxygens (including phenoxy) is 2. The number of phenolic OH excluding ortho intramolecular Hbond substituents is 2. The second-order valence-electron chi connectivity index (χ2n) is 7.43. The molecule has 2 N–H and O–H groups in total. The van der Waals surface area contributed by atoms with Crippen LogP contribution < -0.4 is 9.47 Å². The Morgan fingerprint density at radius 1 is 0.500 bits per heavy atom. The van der Waals surface area contributed by atoms with Gasteiger partial charge in [0.2, 0.25) is 0 Å². The molecule has 4 rings (SSSR count). The third-order valence-electron chi connectivity index (χ3n) is 4.94. The van der Waals surface area contributed by atoms with Gasteiger partial charge >= 0.3 is 6.16 Å². The number of carbonyl (C=O) groups is 1. The maximum Gasteiger partial charge on any atom is 0.519 e. The van der Waals surface area contributed by atoms with Crippen LogP contribution in [0.15, 0.2) is 97.1 Å². The van der Waals surface area contributed by atoms with Crippen molar-refractivity contribution in [3.8, 4) is 23.0 Å². The second kappa shape index (κ2) is 9.71. The van der Waals surface area contributed by atoms with E-state index in [1.165, 1.54) is 0 Å². The van der Waals surface area contributed by atoms with Crippen molar-refractivity contribution in [2.75, 3.05) is 0 Å². The molecule has 5 nitrogen and oxygen atoms in total. The molecule has 0 saturated carbocycles. The van der Waals surface area contributed by atoms with Crippen molar-refractivity contribution in [2.24, 2.45) is 0 Å². The summed E-state index contributed by atoms with van der Waals surface area (Å²) in [6, 6.07) is 28.5. The SMILES string of the molecule is O=C(Oc1ccc(Cc2ccc(O)cc2)cc1)Oc1ccc(Cc2ccc(O)cc2)cc1. The Morgan fingerprint density at radius 3 is 1.09 bits per heavy atom. The van der Waals surface area contributed by atoms with Gasteiger partial charge in [-0.05, 0) is 83.6 Å². The van der Waals surface area contributed by atoms with Crippen LogP contribution in [0.4, 0.5) is 4.79 Å². The summed E-state index contributed by atoms with van der Waals surface area (Å²) < 4.78 is 10.5. The van der Waals surface area contributed by atoms with Crippen LogP contribution in [0.1, 0.15) is 22.3 Å². The van der Waals surface area contributed by atoms with Gasteiger partial charge in [0.25, 0.3) is 0 Å². The second-order valence-corrected chi connectivity index (χ2v) is 7.43. The maximum absolute atomic E-state index is 12.1. The Bertz CT molecular complexity index is 1070. The number of rotatable bonds is 6. The molecule has 0 aromatic heterocycles. The highest BCUT2D eigenvalue weighted by atomic mass is 16.7. The molecule has 5 heteroatoms. The minimum absolute atomic E-state index is 0.239. The first-order chi connectivity index (χ1) is 15.5. The zero-order chi connectivity index (χ0) is 22.3. The number of aromatic hydroxyl groups is 2. The molecular weight excluding hydrogens is 404 g/mol. The summed E-state index contributed by atoms with van der Waals surface area (Å²) in [5.74, 6) is 1.27. The molecular formula is C27H22O5. The average molecular weight is 426 g/mol. The fraction of sp³-hybridized carbons (Fsp3) is 0.0741. The molecule has 0 radical (unpaired) electrons. The van der Waals surface area contributed by atoms with E-state index in [1.807, 2.05) is 48.5 Å². The smallest absolute Gasteiger partial charge is 0.508 e. The zero-order valence-corrected chi connectivity index (χ0v) is 17.3. The summed E-state index contributed by atoms with van der Waals surface area (Å²) in [5, 5.41) is 18.7. The van der Waals surface area contributed by atoms with E-state index < -0.39 is 6.16 Å². The maximum atomic E-state index is 12.1. The predicted octanol–water partition coefficient (Wildman–Crippen LogP) is 5.86. The van der Waals surface area contributed by atoms with Crippen LogP contribution in [0.3, 0.4) is 0 Å². The molecule has 0 heterocycles. The first-order valence-electron chi connectivity index (χ1n) is 10.2. The normalized spacial score (nSPS) is 10.5. The Hall–Kier alpha value is -4.25. The molecule has 4 aromatic rings. The van der Waals surface area contributed by atoms with Gasteiger partial charge in [0, 0.05) is 0 Å². The monoisotopic (exact) mass is 426 g/mol. The first-order valence-corrected chi connectivity index (χ1v) is 10.2. The third-order valence-corrected chi connectivity index (χ3v) is 4.94. The van der Waals surface area contributed by atoms with Gasteiger partial charge in [0.05, 0.1) is 0 Å². The molecule has 0 bridgehead atoms. The highest BCUT2D eigenvalue weighted by Gasteiger charge is 2.09. The summed E-state index contributed by atoms with van der Waals surface area (Å²) in [6.45, 7) is 0. The molecule has 0 amide bonds. The van der Waals surface area contributed by atoms with Crippen LogP contribution in [0, 0.1) is 0 Å². The minimum atomic E-state index is -0.803. The summed E-state index contributed by atoms with van der Waals surface area (Å²) in [4.78, 5) is 12.1. The lowest BCUT2D eigenvalue weighted by Gasteiger charge is -2.08. The number of phenols is 2. The van der Waals surface area contributed by atoms with Crippen molar-refractivity contribution in [3.63, 3.8) is 0 Å². The van der Waals surface area contributed by atoms with Crippen LogP contribution in [0.5, 0.6) is 23.0 Å². The van der Waals surface area contributed by atoms with Crippen LogP contribution >= 0.6 is 0 Å². The molecule has 0 aliphatic rings. The molecule has 0 spiro atoms. The van der Waals surface area contributed by atoms with E-state index in [1.54, 1.807) is 48.5 Å². The number of benzene rings is 4. The van der Waals surface area contributed by atoms with E-state index in [2.05, 4.69) is 0 Å². The lowest BCUT2D eigenvalue weighted by molar-refractivity contribution is 0.152. The minimum Gasteiger partial charge on any atom is -0.508 e. The van der Waals surface area contributed by atoms with E-state index >= 15 is 0 Å². The van der Waals surface area contributed by atoms with Gasteiger partial charge in [-0.2, -0.15) is 0 Å². The third kappa shape index (κ3) is 5.89. The highest BCUT2D eigenvalue weighted by Crippen LogP contribution is 2.20. The van der Waals surface area contributed by atoms with Gasteiger partial charge in [-0.1, -0.05) is 48.5 Å². The van der Waals surface area contributed by atoms with Gasteiger partial charge in [-0.25, -0.2) is 4.79 Å². The van der Waals surface area contributed by atoms with E-state index in [-0.39, 0.29) is 11.5 Å². The fourth-order valence-corrected chi connectivity index (χ4v) is 3.26. The van der Waals surface area contributed by atoms with Crippen molar-refractivity contribution in [3.05, 3.63) is 119 Å². The van der Waals surface area contributed by atoms with Crippen molar-refractivity contribution < 1.29 is 24.5 Å². The Morgan fingerprint density at radius 2 is 0.781 bits per heavy atom. The van der Waals surface area contributed by atoms with Crippen molar-refractivity contribution >= 4 is 6.16 Å². The lowest BCUT2D eigenvalue weighted by atomic mass is 10.0. The molecule has 0 unspecified atom stereocenters. The Labute approximate surface area is 186 Å². The summed E-state index contributed by atoms with van der Waals surface area (Å²) >= 11 is 0. The highest BCUT2D eigenvalue weighted by molar-refractivity contribution is 5.67. The molecule has 32 heavy (non-hydrogen) atoms. The van der Waals surface area contributed by atoms with Crippen molar-refractivity contribution in [2.45, 2.75) is 12.8 Å². The number of carbonyl (C=O) groups excluding carboxylic acids is 1. The van der Waals surface area contributed by atoms with E-state index in [4.69, 9.17) is 9.47 Å². The molecule has 0 aliphatic carbocycles. The van der Waals surface area contributed by atoms with Crippen molar-refractivity contribution in [1.29, 1.82) is 0 Å². The zero-order valence-electron chi connectivity index (χ0n) is 17.3. The van der Waals surface area contributed by atoms with Gasteiger partial charge in [-0.3, -0.25) is 0 Å².